The molecule has 1 aromatic rings. The molecule has 4 nitrogen and oxygen atoms in total. The van der Waals surface area contributed by atoms with Crippen molar-refractivity contribution >= 4 is 23.4 Å². The van der Waals surface area contributed by atoms with Gasteiger partial charge in [0.1, 0.15) is 0 Å². The predicted molar refractivity (Wildman–Crippen MR) is 79.2 cm³/mol. The van der Waals surface area contributed by atoms with Gasteiger partial charge in [0.15, 0.2) is 0 Å². The number of aliphatic hydroxyl groups is 1. The Kier molecular flexibility index (Phi) is 5.69. The fourth-order valence-electron chi connectivity index (χ4n) is 1.57. The molecule has 1 aromatic carbocycles. The minimum absolute atomic E-state index is 0.0474. The van der Waals surface area contributed by atoms with E-state index >= 15 is 0 Å². The largest absolute Gasteiger partial charge is 0.478 e. The quantitative estimate of drug-likeness (QED) is 0.671. The number of aliphatic hydroxyl groups excluding tert-OH is 1. The Morgan fingerprint density at radius 3 is 2.63 bits per heavy atom. The second-order valence-electron chi connectivity index (χ2n) is 5.09. The molecule has 0 spiro atoms. The highest BCUT2D eigenvalue weighted by Gasteiger charge is 2.19. The maximum Gasteiger partial charge on any atom is 0.338 e. The summed E-state index contributed by atoms with van der Waals surface area (Å²) in [4.78, 5) is 12.2. The lowest BCUT2D eigenvalue weighted by atomic mass is 9.95. The molecule has 0 unspecified atom stereocenters. The molecule has 3 N–H and O–H groups in total. The number of nitrogens with one attached hydrogen (secondary N) is 1. The molecule has 0 heterocycles. The van der Waals surface area contributed by atoms with Crippen LogP contribution in [0.2, 0.25) is 0 Å². The van der Waals surface area contributed by atoms with Crippen LogP contribution in [0, 0.1) is 5.41 Å². The van der Waals surface area contributed by atoms with Crippen LogP contribution in [-0.4, -0.2) is 35.1 Å². The van der Waals surface area contributed by atoms with Crippen LogP contribution in [-0.2, 0) is 0 Å². The number of benzene rings is 1. The third-order valence-electron chi connectivity index (χ3n) is 2.73. The van der Waals surface area contributed by atoms with E-state index in [-0.39, 0.29) is 12.0 Å². The molecule has 0 saturated heterocycles. The normalized spacial score (nSPS) is 11.4. The van der Waals surface area contributed by atoms with E-state index in [1.54, 1.807) is 6.07 Å². The average molecular weight is 283 g/mol. The van der Waals surface area contributed by atoms with Crippen LogP contribution in [0.25, 0.3) is 0 Å². The Hall–Kier alpha value is -1.20. The first-order valence-corrected chi connectivity index (χ1v) is 7.23. The Bertz CT molecular complexity index is 446. The summed E-state index contributed by atoms with van der Waals surface area (Å²) in [6.07, 6.45) is 0. The van der Waals surface area contributed by atoms with Gasteiger partial charge in [-0.2, -0.15) is 0 Å². The van der Waals surface area contributed by atoms with Crippen molar-refractivity contribution in [2.45, 2.75) is 25.7 Å². The summed E-state index contributed by atoms with van der Waals surface area (Å²) < 4.78 is 0. The van der Waals surface area contributed by atoms with Gasteiger partial charge in [-0.05, 0) is 17.9 Å². The molecule has 0 aromatic heterocycles. The maximum absolute atomic E-state index is 11.4. The summed E-state index contributed by atoms with van der Waals surface area (Å²) in [5.41, 5.74) is 0.625. The Labute approximate surface area is 118 Å². The summed E-state index contributed by atoms with van der Waals surface area (Å²) in [5.74, 6) is -0.104. The van der Waals surface area contributed by atoms with Crippen LogP contribution in [0.3, 0.4) is 0 Å². The number of thioether (sulfide) groups is 1. The molecular weight excluding hydrogens is 262 g/mol. The Morgan fingerprint density at radius 1 is 1.42 bits per heavy atom. The summed E-state index contributed by atoms with van der Waals surface area (Å²) in [6.45, 7) is 6.40. The van der Waals surface area contributed by atoms with Crippen molar-refractivity contribution in [3.8, 4) is 0 Å². The summed E-state index contributed by atoms with van der Waals surface area (Å²) in [5, 5.41) is 21.7. The van der Waals surface area contributed by atoms with Crippen molar-refractivity contribution in [3.63, 3.8) is 0 Å². The molecule has 0 aliphatic rings. The summed E-state index contributed by atoms with van der Waals surface area (Å²) >= 11 is 1.51. The van der Waals surface area contributed by atoms with E-state index in [9.17, 15) is 15.0 Å². The molecule has 0 saturated carbocycles. The highest BCUT2D eigenvalue weighted by molar-refractivity contribution is 7.99. The van der Waals surface area contributed by atoms with Gasteiger partial charge in [0.2, 0.25) is 0 Å². The van der Waals surface area contributed by atoms with Crippen molar-refractivity contribution in [1.29, 1.82) is 0 Å². The van der Waals surface area contributed by atoms with Crippen molar-refractivity contribution in [1.82, 2.24) is 0 Å². The van der Waals surface area contributed by atoms with Gasteiger partial charge < -0.3 is 15.5 Å². The first-order valence-electron chi connectivity index (χ1n) is 6.25. The average Bonchev–Trinajstić information content (AvgIpc) is 2.36. The zero-order valence-electron chi connectivity index (χ0n) is 11.6. The predicted octanol–water partition coefficient (Wildman–Crippen LogP) is 2.93. The van der Waals surface area contributed by atoms with Gasteiger partial charge in [-0.15, -0.1) is 11.8 Å². The lowest BCUT2D eigenvalue weighted by Gasteiger charge is -2.23. The van der Waals surface area contributed by atoms with E-state index in [1.165, 1.54) is 11.8 Å². The van der Waals surface area contributed by atoms with E-state index in [0.717, 1.165) is 10.6 Å². The maximum atomic E-state index is 11.4. The van der Waals surface area contributed by atoms with Crippen molar-refractivity contribution in [2.75, 3.05) is 24.2 Å². The van der Waals surface area contributed by atoms with Gasteiger partial charge in [0.25, 0.3) is 0 Å². The molecular formula is C14H21NO3S. The van der Waals surface area contributed by atoms with E-state index in [0.29, 0.717) is 17.8 Å². The molecule has 0 aliphatic heterocycles. The van der Waals surface area contributed by atoms with Crippen LogP contribution in [0.1, 0.15) is 31.1 Å². The van der Waals surface area contributed by atoms with Crippen molar-refractivity contribution < 1.29 is 15.0 Å². The van der Waals surface area contributed by atoms with E-state index in [2.05, 4.69) is 5.32 Å². The Morgan fingerprint density at radius 2 is 2.11 bits per heavy atom. The van der Waals surface area contributed by atoms with E-state index in [4.69, 9.17) is 0 Å². The number of carboxylic acids is 1. The highest BCUT2D eigenvalue weighted by Crippen LogP contribution is 2.29. The summed E-state index contributed by atoms with van der Waals surface area (Å²) in [6, 6.07) is 5.43. The minimum Gasteiger partial charge on any atom is -0.478 e. The summed E-state index contributed by atoms with van der Waals surface area (Å²) in [7, 11) is 0. The van der Waals surface area contributed by atoms with Crippen LogP contribution in [0.5, 0.6) is 0 Å². The first-order chi connectivity index (χ1) is 8.91. The van der Waals surface area contributed by atoms with Gasteiger partial charge in [0, 0.05) is 29.1 Å². The molecule has 0 atom stereocenters. The van der Waals surface area contributed by atoms with Gasteiger partial charge >= 0.3 is 5.97 Å². The number of carbonyl (C=O) groups is 1. The zero-order chi connectivity index (χ0) is 14.5. The fraction of sp³-hybridized carbons (Fsp3) is 0.500. The van der Waals surface area contributed by atoms with Crippen LogP contribution >= 0.6 is 11.8 Å². The second kappa shape index (κ2) is 6.82. The molecule has 106 valence electrons. The third-order valence-corrected chi connectivity index (χ3v) is 3.67. The van der Waals surface area contributed by atoms with Crippen LogP contribution < -0.4 is 5.32 Å². The number of rotatable bonds is 7. The van der Waals surface area contributed by atoms with Gasteiger partial charge in [-0.1, -0.05) is 26.8 Å². The number of hydrogen-bond donors (Lipinski definition) is 3. The molecule has 19 heavy (non-hydrogen) atoms. The van der Waals surface area contributed by atoms with E-state index in [1.807, 2.05) is 32.9 Å². The smallest absolute Gasteiger partial charge is 0.338 e. The van der Waals surface area contributed by atoms with Crippen LogP contribution in [0.15, 0.2) is 23.1 Å². The number of hydrogen-bond acceptors (Lipinski definition) is 4. The highest BCUT2D eigenvalue weighted by atomic mass is 32.2. The second-order valence-corrected chi connectivity index (χ2v) is 6.40. The number of anilines is 1. The van der Waals surface area contributed by atoms with E-state index < -0.39 is 5.97 Å². The van der Waals surface area contributed by atoms with Crippen molar-refractivity contribution in [2.24, 2.45) is 5.41 Å². The SMILES string of the molecule is CCSc1cccc(NCC(C)(C)CO)c1C(=O)O. The molecule has 0 aliphatic carbocycles. The zero-order valence-corrected chi connectivity index (χ0v) is 12.4. The lowest BCUT2D eigenvalue weighted by Crippen LogP contribution is -2.27. The van der Waals surface area contributed by atoms with Crippen molar-refractivity contribution in [3.05, 3.63) is 23.8 Å². The van der Waals surface area contributed by atoms with Gasteiger partial charge in [0.05, 0.1) is 5.56 Å². The molecule has 0 bridgehead atoms. The molecule has 1 rings (SSSR count). The lowest BCUT2D eigenvalue weighted by molar-refractivity contribution is 0.0694. The number of aromatic carboxylic acids is 1. The van der Waals surface area contributed by atoms with Gasteiger partial charge in [-0.3, -0.25) is 0 Å². The molecule has 0 fully saturated rings. The molecule has 5 heteroatoms. The minimum atomic E-state index is -0.930. The standard InChI is InChI=1S/C14H21NO3S/c1-4-19-11-7-5-6-10(12(11)13(17)18)15-8-14(2,3)9-16/h5-7,15-16H,4,8-9H2,1-3H3,(H,17,18). The first kappa shape index (κ1) is 15.9. The molecule has 0 radical (unpaired) electrons. The molecule has 0 amide bonds. The topological polar surface area (TPSA) is 69.6 Å². The fourth-order valence-corrected chi connectivity index (χ4v) is 2.39. The monoisotopic (exact) mass is 283 g/mol. The van der Waals surface area contributed by atoms with Crippen LogP contribution in [0.4, 0.5) is 5.69 Å². The third kappa shape index (κ3) is 4.44. The number of carboxylic acid groups (broad SMARTS) is 1. The Balaban J connectivity index is 3.00. The van der Waals surface area contributed by atoms with Gasteiger partial charge in [-0.25, -0.2) is 4.79 Å².